The third-order valence-corrected chi connectivity index (χ3v) is 3.97. The molecule has 2 heteroatoms. The van der Waals surface area contributed by atoms with Crippen molar-refractivity contribution in [1.29, 1.82) is 0 Å². The van der Waals surface area contributed by atoms with Crippen molar-refractivity contribution in [2.45, 2.75) is 18.6 Å². The van der Waals surface area contributed by atoms with Gasteiger partial charge in [0.05, 0.1) is 0 Å². The fourth-order valence-electron chi connectivity index (χ4n) is 1.87. The van der Waals surface area contributed by atoms with Crippen LogP contribution in [0.2, 0.25) is 0 Å². The molecule has 0 amide bonds. The van der Waals surface area contributed by atoms with Crippen LogP contribution in [0.5, 0.6) is 0 Å². The average Bonchev–Trinajstić information content (AvgIpc) is 2.52. The maximum Gasteiger partial charge on any atom is 0.212 e. The van der Waals surface area contributed by atoms with Gasteiger partial charge in [-0.1, -0.05) is 85.4 Å². The van der Waals surface area contributed by atoms with Crippen LogP contribution in [0.4, 0.5) is 0 Å². The van der Waals surface area contributed by atoms with Gasteiger partial charge in [0.1, 0.15) is 0 Å². The Hall–Kier alpha value is -1.80. The molecule has 1 nitrogen and oxygen atoms in total. The van der Waals surface area contributed by atoms with Gasteiger partial charge in [-0.3, -0.25) is 4.79 Å². The summed E-state index contributed by atoms with van der Waals surface area (Å²) in [5.41, 5.74) is 2.40. The van der Waals surface area contributed by atoms with Crippen LogP contribution in [0.3, 0.4) is 0 Å². The lowest BCUT2D eigenvalue weighted by molar-refractivity contribution is -0.107. The largest absolute Gasteiger partial charge is 0.282 e. The van der Waals surface area contributed by atoms with Crippen molar-refractivity contribution in [2.75, 3.05) is 0 Å². The van der Waals surface area contributed by atoms with Gasteiger partial charge in [0.15, 0.2) is 0 Å². The molecule has 0 aliphatic heterocycles. The lowest BCUT2D eigenvalue weighted by Crippen LogP contribution is -1.92. The summed E-state index contributed by atoms with van der Waals surface area (Å²) in [6.45, 7) is 2.10. The Balaban J connectivity index is 1.84. The third-order valence-electron chi connectivity index (χ3n) is 3.07. The van der Waals surface area contributed by atoms with Gasteiger partial charge in [-0.25, -0.2) is 0 Å². The first-order chi connectivity index (χ1) is 9.75. The zero-order valence-corrected chi connectivity index (χ0v) is 12.3. The quantitative estimate of drug-likeness (QED) is 0.732. The average molecular weight is 282 g/mol. The molecule has 2 rings (SSSR count). The van der Waals surface area contributed by atoms with E-state index in [1.807, 2.05) is 54.6 Å². The predicted octanol–water partition coefficient (Wildman–Crippen LogP) is 4.81. The summed E-state index contributed by atoms with van der Waals surface area (Å²) in [7, 11) is 0. The molecule has 0 bridgehead atoms. The van der Waals surface area contributed by atoms with Gasteiger partial charge in [-0.2, -0.15) is 0 Å². The summed E-state index contributed by atoms with van der Waals surface area (Å²) in [6, 6.07) is 20.2. The lowest BCUT2D eigenvalue weighted by Gasteiger charge is -2.05. The van der Waals surface area contributed by atoms with Crippen molar-refractivity contribution in [3.8, 4) is 0 Å². The fraction of sp³-hybridized carbons (Fsp3) is 0.167. The second-order valence-electron chi connectivity index (χ2n) is 4.65. The molecule has 0 saturated heterocycles. The predicted molar refractivity (Wildman–Crippen MR) is 86.7 cm³/mol. The minimum atomic E-state index is 0.108. The van der Waals surface area contributed by atoms with Crippen LogP contribution in [0.1, 0.15) is 24.0 Å². The molecule has 0 N–H and O–H groups in total. The second-order valence-corrected chi connectivity index (χ2v) is 5.63. The zero-order chi connectivity index (χ0) is 14.2. The molecule has 0 aliphatic rings. The first-order valence-corrected chi connectivity index (χ1v) is 7.68. The standard InChI is InChI=1S/C18H18OS/c1-15(17-10-6-3-7-11-17)12-13-18(19)20-14-16-8-4-2-5-9-16/h2-13,15H,14H2,1H3/b13-12+. The molecule has 0 fully saturated rings. The van der Waals surface area contributed by atoms with Crippen LogP contribution in [0.15, 0.2) is 72.8 Å². The molecule has 0 heterocycles. The van der Waals surface area contributed by atoms with E-state index in [0.29, 0.717) is 0 Å². The number of carbonyl (C=O) groups excluding carboxylic acids is 1. The van der Waals surface area contributed by atoms with Crippen LogP contribution in [0, 0.1) is 0 Å². The SMILES string of the molecule is CC(/C=C/C(=O)SCc1ccccc1)c1ccccc1. The van der Waals surface area contributed by atoms with Gasteiger partial charge in [0.25, 0.3) is 0 Å². The Morgan fingerprint density at radius 2 is 1.65 bits per heavy atom. The molecule has 2 aromatic carbocycles. The summed E-state index contributed by atoms with van der Waals surface area (Å²) in [5.74, 6) is 0.987. The first-order valence-electron chi connectivity index (χ1n) is 6.69. The Labute approximate surface area is 124 Å². The van der Waals surface area contributed by atoms with Crippen LogP contribution in [-0.4, -0.2) is 5.12 Å². The molecule has 0 spiro atoms. The van der Waals surface area contributed by atoms with Gasteiger partial charge in [0, 0.05) is 5.75 Å². The van der Waals surface area contributed by atoms with E-state index >= 15 is 0 Å². The van der Waals surface area contributed by atoms with E-state index < -0.39 is 0 Å². The normalized spacial score (nSPS) is 12.4. The molecule has 0 saturated carbocycles. The second kappa shape index (κ2) is 7.71. The van der Waals surface area contributed by atoms with Crippen molar-refractivity contribution in [3.05, 3.63) is 83.9 Å². The molecule has 0 radical (unpaired) electrons. The van der Waals surface area contributed by atoms with Crippen molar-refractivity contribution in [1.82, 2.24) is 0 Å². The van der Waals surface area contributed by atoms with E-state index in [-0.39, 0.29) is 11.0 Å². The maximum atomic E-state index is 11.8. The van der Waals surface area contributed by atoms with E-state index in [0.717, 1.165) is 5.75 Å². The fourth-order valence-corrected chi connectivity index (χ4v) is 2.54. The van der Waals surface area contributed by atoms with Crippen LogP contribution in [-0.2, 0) is 10.5 Å². The first kappa shape index (κ1) is 14.6. The van der Waals surface area contributed by atoms with E-state index in [4.69, 9.17) is 0 Å². The van der Waals surface area contributed by atoms with Gasteiger partial charge in [-0.15, -0.1) is 0 Å². The molecule has 1 unspecified atom stereocenters. The summed E-state index contributed by atoms with van der Waals surface area (Å²) in [4.78, 5) is 11.8. The number of carbonyl (C=O) groups is 1. The number of benzene rings is 2. The lowest BCUT2D eigenvalue weighted by atomic mass is 10.0. The monoisotopic (exact) mass is 282 g/mol. The zero-order valence-electron chi connectivity index (χ0n) is 11.5. The summed E-state index contributed by atoms with van der Waals surface area (Å²) in [6.07, 6.45) is 3.65. The van der Waals surface area contributed by atoms with E-state index in [1.54, 1.807) is 6.08 Å². The minimum absolute atomic E-state index is 0.108. The topological polar surface area (TPSA) is 17.1 Å². The highest BCUT2D eigenvalue weighted by atomic mass is 32.2. The summed E-state index contributed by atoms with van der Waals surface area (Å²) in [5, 5.41) is 0.108. The molecule has 20 heavy (non-hydrogen) atoms. The Kier molecular flexibility index (Phi) is 5.63. The van der Waals surface area contributed by atoms with E-state index in [1.165, 1.54) is 22.9 Å². The number of allylic oxidation sites excluding steroid dienone is 1. The molecule has 0 aromatic heterocycles. The summed E-state index contributed by atoms with van der Waals surface area (Å²) < 4.78 is 0. The van der Waals surface area contributed by atoms with Gasteiger partial charge in [-0.05, 0) is 23.1 Å². The molecular formula is C18H18OS. The minimum Gasteiger partial charge on any atom is -0.282 e. The van der Waals surface area contributed by atoms with Crippen LogP contribution >= 0.6 is 11.8 Å². The van der Waals surface area contributed by atoms with Crippen molar-refractivity contribution >= 4 is 16.9 Å². The van der Waals surface area contributed by atoms with Crippen molar-refractivity contribution in [2.24, 2.45) is 0 Å². The maximum absolute atomic E-state index is 11.8. The van der Waals surface area contributed by atoms with Crippen molar-refractivity contribution in [3.63, 3.8) is 0 Å². The highest BCUT2D eigenvalue weighted by Gasteiger charge is 2.02. The third kappa shape index (κ3) is 4.71. The van der Waals surface area contributed by atoms with Crippen LogP contribution < -0.4 is 0 Å². The van der Waals surface area contributed by atoms with E-state index in [9.17, 15) is 4.79 Å². The van der Waals surface area contributed by atoms with Gasteiger partial charge >= 0.3 is 0 Å². The van der Waals surface area contributed by atoms with E-state index in [2.05, 4.69) is 19.1 Å². The molecule has 1 atom stereocenters. The molecule has 2 aromatic rings. The number of hydrogen-bond donors (Lipinski definition) is 0. The summed E-state index contributed by atoms with van der Waals surface area (Å²) >= 11 is 1.34. The number of rotatable bonds is 5. The smallest absolute Gasteiger partial charge is 0.212 e. The van der Waals surface area contributed by atoms with Gasteiger partial charge in [0.2, 0.25) is 5.12 Å². The molecule has 102 valence electrons. The number of hydrogen-bond acceptors (Lipinski definition) is 2. The Morgan fingerprint density at radius 3 is 2.30 bits per heavy atom. The van der Waals surface area contributed by atoms with Crippen molar-refractivity contribution < 1.29 is 4.79 Å². The Bertz CT molecular complexity index is 560. The Morgan fingerprint density at radius 1 is 1.05 bits per heavy atom. The van der Waals surface area contributed by atoms with Crippen LogP contribution in [0.25, 0.3) is 0 Å². The number of thioether (sulfide) groups is 1. The highest BCUT2D eigenvalue weighted by Crippen LogP contribution is 2.18. The molecule has 0 aliphatic carbocycles. The highest BCUT2D eigenvalue weighted by molar-refractivity contribution is 8.13. The molecular weight excluding hydrogens is 264 g/mol. The van der Waals surface area contributed by atoms with Gasteiger partial charge < -0.3 is 0 Å².